The van der Waals surface area contributed by atoms with Crippen LogP contribution in [0.5, 0.6) is 0 Å². The van der Waals surface area contributed by atoms with Crippen LogP contribution in [0, 0.1) is 0 Å². The summed E-state index contributed by atoms with van der Waals surface area (Å²) in [5.41, 5.74) is 8.59. The molecule has 0 fully saturated rings. The summed E-state index contributed by atoms with van der Waals surface area (Å²) in [6.07, 6.45) is 3.09. The van der Waals surface area contributed by atoms with E-state index < -0.39 is 0 Å². The standard InChI is InChI=1S/C17H24N4O/c1-21(17(22)10-5-11-18)12-6-9-15-13-16(20-19-15)14-7-3-2-4-8-14/h2-4,7-8,13H,5-6,9-12,18H2,1H3,(H,19,20). The lowest BCUT2D eigenvalue weighted by Gasteiger charge is -2.16. The number of benzene rings is 1. The van der Waals surface area contributed by atoms with E-state index in [1.54, 1.807) is 4.90 Å². The van der Waals surface area contributed by atoms with E-state index in [2.05, 4.69) is 16.3 Å². The van der Waals surface area contributed by atoms with Crippen LogP contribution in [0.3, 0.4) is 0 Å². The Kier molecular flexibility index (Phi) is 6.15. The number of H-pyrrole nitrogens is 1. The van der Waals surface area contributed by atoms with E-state index in [1.165, 1.54) is 0 Å². The van der Waals surface area contributed by atoms with Gasteiger partial charge in [-0.05, 0) is 31.9 Å². The van der Waals surface area contributed by atoms with Crippen molar-refractivity contribution < 1.29 is 4.79 Å². The molecule has 0 unspecified atom stereocenters. The molecule has 0 bridgehead atoms. The van der Waals surface area contributed by atoms with Gasteiger partial charge >= 0.3 is 0 Å². The zero-order valence-electron chi connectivity index (χ0n) is 13.1. The number of nitrogens with two attached hydrogens (primary N) is 1. The Morgan fingerprint density at radius 1 is 1.27 bits per heavy atom. The number of carbonyl (C=O) groups is 1. The minimum absolute atomic E-state index is 0.167. The van der Waals surface area contributed by atoms with Crippen molar-refractivity contribution in [3.63, 3.8) is 0 Å². The number of aromatic nitrogens is 2. The molecule has 2 aromatic rings. The first-order valence-corrected chi connectivity index (χ1v) is 7.74. The lowest BCUT2D eigenvalue weighted by atomic mass is 10.1. The van der Waals surface area contributed by atoms with E-state index in [0.29, 0.717) is 13.0 Å². The predicted molar refractivity (Wildman–Crippen MR) is 88.3 cm³/mol. The first-order chi connectivity index (χ1) is 10.7. The van der Waals surface area contributed by atoms with Gasteiger partial charge in [-0.2, -0.15) is 5.10 Å². The minimum Gasteiger partial charge on any atom is -0.346 e. The molecule has 0 spiro atoms. The maximum Gasteiger partial charge on any atom is 0.222 e. The first-order valence-electron chi connectivity index (χ1n) is 7.74. The Morgan fingerprint density at radius 3 is 2.77 bits per heavy atom. The molecule has 22 heavy (non-hydrogen) atoms. The van der Waals surface area contributed by atoms with Crippen molar-refractivity contribution in [3.8, 4) is 11.3 Å². The lowest BCUT2D eigenvalue weighted by Crippen LogP contribution is -2.28. The average molecular weight is 300 g/mol. The fourth-order valence-corrected chi connectivity index (χ4v) is 2.32. The third-order valence-corrected chi connectivity index (χ3v) is 3.66. The lowest BCUT2D eigenvalue weighted by molar-refractivity contribution is -0.130. The largest absolute Gasteiger partial charge is 0.346 e. The molecule has 5 heteroatoms. The summed E-state index contributed by atoms with van der Waals surface area (Å²) in [5.74, 6) is 0.167. The zero-order valence-corrected chi connectivity index (χ0v) is 13.1. The molecule has 0 radical (unpaired) electrons. The summed E-state index contributed by atoms with van der Waals surface area (Å²) in [4.78, 5) is 13.6. The van der Waals surface area contributed by atoms with Crippen molar-refractivity contribution in [2.24, 2.45) is 5.73 Å². The summed E-state index contributed by atoms with van der Waals surface area (Å²) >= 11 is 0. The van der Waals surface area contributed by atoms with Crippen LogP contribution >= 0.6 is 0 Å². The number of rotatable bonds is 8. The van der Waals surface area contributed by atoms with Gasteiger partial charge < -0.3 is 10.6 Å². The summed E-state index contributed by atoms with van der Waals surface area (Å²) in [7, 11) is 1.85. The Bertz CT molecular complexity index is 579. The molecule has 0 atom stereocenters. The zero-order chi connectivity index (χ0) is 15.8. The Balaban J connectivity index is 1.78. The first kappa shape index (κ1) is 16.2. The molecule has 118 valence electrons. The second-order valence-corrected chi connectivity index (χ2v) is 5.46. The van der Waals surface area contributed by atoms with Crippen LogP contribution in [0.2, 0.25) is 0 Å². The average Bonchev–Trinajstić information content (AvgIpc) is 3.02. The topological polar surface area (TPSA) is 75.0 Å². The van der Waals surface area contributed by atoms with Gasteiger partial charge in [0.15, 0.2) is 0 Å². The second-order valence-electron chi connectivity index (χ2n) is 5.46. The third kappa shape index (κ3) is 4.70. The van der Waals surface area contributed by atoms with Crippen LogP contribution < -0.4 is 5.73 Å². The number of nitrogens with one attached hydrogen (secondary N) is 1. The summed E-state index contributed by atoms with van der Waals surface area (Å²) in [6, 6.07) is 12.2. The molecular weight excluding hydrogens is 276 g/mol. The van der Waals surface area contributed by atoms with Crippen LogP contribution in [-0.4, -0.2) is 41.1 Å². The van der Waals surface area contributed by atoms with Crippen LogP contribution in [0.25, 0.3) is 11.3 Å². The van der Waals surface area contributed by atoms with Gasteiger partial charge in [0.1, 0.15) is 0 Å². The van der Waals surface area contributed by atoms with Crippen molar-refractivity contribution in [3.05, 3.63) is 42.1 Å². The van der Waals surface area contributed by atoms with Crippen LogP contribution in [-0.2, 0) is 11.2 Å². The van der Waals surface area contributed by atoms with Gasteiger partial charge in [0.05, 0.1) is 5.69 Å². The highest BCUT2D eigenvalue weighted by Crippen LogP contribution is 2.17. The quantitative estimate of drug-likeness (QED) is 0.785. The molecule has 1 amide bonds. The number of aryl methyl sites for hydroxylation is 1. The monoisotopic (exact) mass is 300 g/mol. The second kappa shape index (κ2) is 8.34. The van der Waals surface area contributed by atoms with E-state index >= 15 is 0 Å². The Morgan fingerprint density at radius 2 is 2.05 bits per heavy atom. The van der Waals surface area contributed by atoms with Gasteiger partial charge in [-0.25, -0.2) is 0 Å². The van der Waals surface area contributed by atoms with Crippen LogP contribution in [0.4, 0.5) is 0 Å². The molecule has 5 nitrogen and oxygen atoms in total. The molecule has 0 saturated heterocycles. The number of hydrogen-bond acceptors (Lipinski definition) is 3. The van der Waals surface area contributed by atoms with Gasteiger partial charge in [0.2, 0.25) is 5.91 Å². The normalized spacial score (nSPS) is 10.6. The van der Waals surface area contributed by atoms with Crippen molar-refractivity contribution >= 4 is 5.91 Å². The fraction of sp³-hybridized carbons (Fsp3) is 0.412. The van der Waals surface area contributed by atoms with E-state index in [0.717, 1.165) is 42.8 Å². The minimum atomic E-state index is 0.167. The van der Waals surface area contributed by atoms with Gasteiger partial charge in [0.25, 0.3) is 0 Å². The summed E-state index contributed by atoms with van der Waals surface area (Å²) < 4.78 is 0. The highest BCUT2D eigenvalue weighted by atomic mass is 16.2. The SMILES string of the molecule is CN(CCCc1cc(-c2ccccc2)n[nH]1)C(=O)CCCN. The summed E-state index contributed by atoms with van der Waals surface area (Å²) in [5, 5.41) is 7.41. The van der Waals surface area contributed by atoms with E-state index in [9.17, 15) is 4.79 Å². The van der Waals surface area contributed by atoms with Gasteiger partial charge in [-0.3, -0.25) is 9.89 Å². The maximum absolute atomic E-state index is 11.8. The number of carbonyl (C=O) groups excluding carboxylic acids is 1. The Labute approximate surface area is 131 Å². The molecule has 0 aliphatic heterocycles. The molecule has 2 rings (SSSR count). The van der Waals surface area contributed by atoms with Crippen molar-refractivity contribution in [1.82, 2.24) is 15.1 Å². The smallest absolute Gasteiger partial charge is 0.222 e. The molecule has 0 aliphatic carbocycles. The van der Waals surface area contributed by atoms with E-state index in [1.807, 2.05) is 37.4 Å². The molecule has 0 aliphatic rings. The van der Waals surface area contributed by atoms with Crippen molar-refractivity contribution in [1.29, 1.82) is 0 Å². The summed E-state index contributed by atoms with van der Waals surface area (Å²) in [6.45, 7) is 1.32. The van der Waals surface area contributed by atoms with E-state index in [4.69, 9.17) is 5.73 Å². The van der Waals surface area contributed by atoms with Gasteiger partial charge in [-0.1, -0.05) is 30.3 Å². The fourth-order valence-electron chi connectivity index (χ4n) is 2.32. The van der Waals surface area contributed by atoms with Crippen molar-refractivity contribution in [2.75, 3.05) is 20.1 Å². The van der Waals surface area contributed by atoms with Crippen LogP contribution in [0.15, 0.2) is 36.4 Å². The highest BCUT2D eigenvalue weighted by molar-refractivity contribution is 5.75. The van der Waals surface area contributed by atoms with Gasteiger partial charge in [0, 0.05) is 31.3 Å². The number of hydrogen-bond donors (Lipinski definition) is 2. The highest BCUT2D eigenvalue weighted by Gasteiger charge is 2.08. The molecule has 1 heterocycles. The molecule has 0 saturated carbocycles. The Hall–Kier alpha value is -2.14. The van der Waals surface area contributed by atoms with Crippen LogP contribution in [0.1, 0.15) is 25.0 Å². The van der Waals surface area contributed by atoms with Gasteiger partial charge in [-0.15, -0.1) is 0 Å². The number of amides is 1. The predicted octanol–water partition coefficient (Wildman–Crippen LogP) is 2.21. The molecular formula is C17H24N4O. The molecule has 1 aromatic carbocycles. The number of aromatic amines is 1. The van der Waals surface area contributed by atoms with E-state index in [-0.39, 0.29) is 5.91 Å². The maximum atomic E-state index is 11.8. The van der Waals surface area contributed by atoms with Crippen molar-refractivity contribution in [2.45, 2.75) is 25.7 Å². The molecule has 3 N–H and O–H groups in total. The third-order valence-electron chi connectivity index (χ3n) is 3.66. The number of nitrogens with zero attached hydrogens (tertiary/aromatic N) is 2. The molecule has 1 aromatic heterocycles.